The van der Waals surface area contributed by atoms with Gasteiger partial charge in [-0.05, 0) is 31.5 Å². The molecule has 0 aliphatic carbocycles. The fourth-order valence-electron chi connectivity index (χ4n) is 2.36. The number of hydrogen-bond donors (Lipinski definition) is 1. The summed E-state index contributed by atoms with van der Waals surface area (Å²) in [5.41, 5.74) is 2.45. The summed E-state index contributed by atoms with van der Waals surface area (Å²) in [4.78, 5) is 23.7. The first-order valence-corrected chi connectivity index (χ1v) is 6.90. The predicted octanol–water partition coefficient (Wildman–Crippen LogP) is 1.85. The van der Waals surface area contributed by atoms with E-state index in [-0.39, 0.29) is 17.2 Å². The largest absolute Gasteiger partial charge is 0.322 e. The van der Waals surface area contributed by atoms with Gasteiger partial charge < -0.3 is 9.88 Å². The Kier molecular flexibility index (Phi) is 4.47. The van der Waals surface area contributed by atoms with E-state index in [9.17, 15) is 9.59 Å². The van der Waals surface area contributed by atoms with Crippen LogP contribution in [-0.2, 0) is 17.8 Å². The summed E-state index contributed by atoms with van der Waals surface area (Å²) in [5, 5.41) is 10.6. The van der Waals surface area contributed by atoms with Gasteiger partial charge in [-0.1, -0.05) is 6.92 Å². The molecule has 6 heteroatoms. The molecule has 1 N–H and O–H groups in total. The highest BCUT2D eigenvalue weighted by molar-refractivity contribution is 5.89. The average molecular weight is 286 g/mol. The Labute approximate surface area is 122 Å². The van der Waals surface area contributed by atoms with Crippen LogP contribution >= 0.6 is 0 Å². The van der Waals surface area contributed by atoms with Gasteiger partial charge in [0.05, 0.1) is 5.69 Å². The van der Waals surface area contributed by atoms with E-state index in [1.54, 1.807) is 22.9 Å². The molecule has 2 rings (SSSR count). The summed E-state index contributed by atoms with van der Waals surface area (Å²) in [6.45, 7) is 5.80. The van der Waals surface area contributed by atoms with Gasteiger partial charge in [0.15, 0.2) is 0 Å². The average Bonchev–Trinajstić information content (AvgIpc) is 2.49. The van der Waals surface area contributed by atoms with E-state index in [1.807, 2.05) is 19.9 Å². The minimum Gasteiger partial charge on any atom is -0.322 e. The van der Waals surface area contributed by atoms with Crippen molar-refractivity contribution in [1.82, 2.24) is 14.8 Å². The smallest absolute Gasteiger partial charge is 0.274 e. The zero-order valence-corrected chi connectivity index (χ0v) is 12.4. The monoisotopic (exact) mass is 286 g/mol. The van der Waals surface area contributed by atoms with Crippen molar-refractivity contribution >= 4 is 11.6 Å². The van der Waals surface area contributed by atoms with E-state index in [0.29, 0.717) is 18.7 Å². The van der Waals surface area contributed by atoms with Crippen molar-refractivity contribution in [3.05, 3.63) is 40.4 Å². The lowest BCUT2D eigenvalue weighted by molar-refractivity contribution is -0.114. The zero-order chi connectivity index (χ0) is 15.4. The van der Waals surface area contributed by atoms with Crippen molar-refractivity contribution in [2.24, 2.45) is 0 Å². The van der Waals surface area contributed by atoms with Crippen LogP contribution in [0, 0.1) is 0 Å². The van der Waals surface area contributed by atoms with E-state index in [0.717, 1.165) is 11.3 Å². The summed E-state index contributed by atoms with van der Waals surface area (Å²) < 4.78 is 1.66. The van der Waals surface area contributed by atoms with Gasteiger partial charge in [-0.3, -0.25) is 9.59 Å². The molecule has 0 radical (unpaired) electrons. The zero-order valence-electron chi connectivity index (χ0n) is 12.4. The second-order valence-electron chi connectivity index (χ2n) is 4.61. The fourth-order valence-corrected chi connectivity index (χ4v) is 2.36. The topological polar surface area (TPSA) is 76.9 Å². The second kappa shape index (κ2) is 6.30. The van der Waals surface area contributed by atoms with Gasteiger partial charge in [0.25, 0.3) is 5.56 Å². The second-order valence-corrected chi connectivity index (χ2v) is 4.61. The summed E-state index contributed by atoms with van der Waals surface area (Å²) in [5.74, 6) is -0.274. The van der Waals surface area contributed by atoms with Crippen molar-refractivity contribution in [3.8, 4) is 11.3 Å². The Hall–Kier alpha value is -2.50. The lowest BCUT2D eigenvalue weighted by Crippen LogP contribution is -2.27. The first-order chi connectivity index (χ1) is 10.1. The normalized spacial score (nSPS) is 10.4. The number of rotatable bonds is 4. The van der Waals surface area contributed by atoms with E-state index < -0.39 is 0 Å². The number of pyridine rings is 1. The Morgan fingerprint density at radius 3 is 2.67 bits per heavy atom. The molecular formula is C15H18N4O2. The van der Waals surface area contributed by atoms with Crippen molar-refractivity contribution < 1.29 is 4.79 Å². The molecule has 0 spiro atoms. The quantitative estimate of drug-likeness (QED) is 0.930. The van der Waals surface area contributed by atoms with E-state index in [2.05, 4.69) is 15.5 Å². The van der Waals surface area contributed by atoms with E-state index in [1.165, 1.54) is 6.92 Å². The number of carbonyl (C=O) groups is 1. The van der Waals surface area contributed by atoms with Crippen molar-refractivity contribution in [3.63, 3.8) is 0 Å². The van der Waals surface area contributed by atoms with Gasteiger partial charge in [0, 0.05) is 30.9 Å². The highest BCUT2D eigenvalue weighted by Gasteiger charge is 2.15. The van der Waals surface area contributed by atoms with E-state index in [4.69, 9.17) is 0 Å². The molecule has 21 heavy (non-hydrogen) atoms. The molecule has 0 aliphatic rings. The van der Waals surface area contributed by atoms with Crippen LogP contribution in [0.5, 0.6) is 0 Å². The fraction of sp³-hybridized carbons (Fsp3) is 0.333. The molecule has 2 aromatic rings. The van der Waals surface area contributed by atoms with Gasteiger partial charge in [-0.25, -0.2) is 0 Å². The SMILES string of the molecule is CCc1c(-c2cccnn2)cc(NC(C)=O)c(=O)n1CC. The third-order valence-corrected chi connectivity index (χ3v) is 3.21. The van der Waals surface area contributed by atoms with Crippen LogP contribution in [0.25, 0.3) is 11.3 Å². The number of nitrogens with one attached hydrogen (secondary N) is 1. The molecular weight excluding hydrogens is 268 g/mol. The molecule has 0 aliphatic heterocycles. The van der Waals surface area contributed by atoms with Crippen LogP contribution in [0.3, 0.4) is 0 Å². The maximum Gasteiger partial charge on any atom is 0.274 e. The highest BCUT2D eigenvalue weighted by Crippen LogP contribution is 2.23. The maximum absolute atomic E-state index is 12.4. The van der Waals surface area contributed by atoms with Crippen LogP contribution < -0.4 is 10.9 Å². The number of nitrogens with zero attached hydrogens (tertiary/aromatic N) is 3. The minimum atomic E-state index is -0.274. The maximum atomic E-state index is 12.4. The molecule has 0 atom stereocenters. The number of carbonyl (C=O) groups excluding carboxylic acids is 1. The molecule has 0 saturated heterocycles. The standard InChI is InChI=1S/C15H18N4O2/c1-4-14-11(12-7-6-8-16-18-12)9-13(17-10(3)20)15(21)19(14)5-2/h6-9H,4-5H2,1-3H3,(H,17,20). The lowest BCUT2D eigenvalue weighted by atomic mass is 10.1. The highest BCUT2D eigenvalue weighted by atomic mass is 16.2. The predicted molar refractivity (Wildman–Crippen MR) is 81.1 cm³/mol. The van der Waals surface area contributed by atoms with Crippen LogP contribution in [-0.4, -0.2) is 20.7 Å². The molecule has 0 fully saturated rings. The minimum absolute atomic E-state index is 0.197. The van der Waals surface area contributed by atoms with Gasteiger partial charge in [0.1, 0.15) is 5.69 Å². The van der Waals surface area contributed by atoms with Crippen LogP contribution in [0.1, 0.15) is 26.5 Å². The third-order valence-electron chi connectivity index (χ3n) is 3.21. The Bertz CT molecular complexity index is 708. The molecule has 6 nitrogen and oxygen atoms in total. The third kappa shape index (κ3) is 2.99. The van der Waals surface area contributed by atoms with Crippen molar-refractivity contribution in [2.45, 2.75) is 33.7 Å². The lowest BCUT2D eigenvalue weighted by Gasteiger charge is -2.16. The molecule has 0 saturated carbocycles. The number of amides is 1. The van der Waals surface area contributed by atoms with Crippen LogP contribution in [0.4, 0.5) is 5.69 Å². The van der Waals surface area contributed by atoms with Crippen molar-refractivity contribution in [2.75, 3.05) is 5.32 Å². The van der Waals surface area contributed by atoms with Gasteiger partial charge in [-0.2, -0.15) is 10.2 Å². The number of anilines is 1. The molecule has 0 bridgehead atoms. The van der Waals surface area contributed by atoms with Crippen LogP contribution in [0.15, 0.2) is 29.2 Å². The number of aromatic nitrogens is 3. The summed E-state index contributed by atoms with van der Waals surface area (Å²) in [6.07, 6.45) is 2.29. The Balaban J connectivity index is 2.73. The van der Waals surface area contributed by atoms with Gasteiger partial charge in [-0.15, -0.1) is 0 Å². The molecule has 2 aromatic heterocycles. The first-order valence-electron chi connectivity index (χ1n) is 6.90. The molecule has 2 heterocycles. The van der Waals surface area contributed by atoms with Gasteiger partial charge in [0.2, 0.25) is 5.91 Å². The molecule has 0 aromatic carbocycles. The summed E-state index contributed by atoms with van der Waals surface area (Å²) in [7, 11) is 0. The van der Waals surface area contributed by atoms with Crippen LogP contribution in [0.2, 0.25) is 0 Å². The molecule has 110 valence electrons. The Morgan fingerprint density at radius 1 is 1.38 bits per heavy atom. The van der Waals surface area contributed by atoms with Crippen molar-refractivity contribution in [1.29, 1.82) is 0 Å². The molecule has 1 amide bonds. The van der Waals surface area contributed by atoms with E-state index >= 15 is 0 Å². The molecule has 0 unspecified atom stereocenters. The summed E-state index contributed by atoms with van der Waals surface area (Å²) >= 11 is 0. The van der Waals surface area contributed by atoms with Gasteiger partial charge >= 0.3 is 0 Å². The first kappa shape index (κ1) is 14.9. The number of hydrogen-bond acceptors (Lipinski definition) is 4. The Morgan fingerprint density at radius 2 is 2.14 bits per heavy atom. The summed E-state index contributed by atoms with van der Waals surface area (Å²) in [6, 6.07) is 5.31.